The van der Waals surface area contributed by atoms with Gasteiger partial charge in [-0.15, -0.1) is 0 Å². The van der Waals surface area contributed by atoms with E-state index in [1.54, 1.807) is 0 Å². The molecule has 0 bridgehead atoms. The van der Waals surface area contributed by atoms with Crippen molar-refractivity contribution in [1.82, 2.24) is 5.32 Å². The second-order valence-corrected chi connectivity index (χ2v) is 5.12. The fourth-order valence-electron chi connectivity index (χ4n) is 2.48. The summed E-state index contributed by atoms with van der Waals surface area (Å²) in [5.74, 6) is 1.44. The lowest BCUT2D eigenvalue weighted by Crippen LogP contribution is -2.46. The van der Waals surface area contributed by atoms with Crippen LogP contribution in [0.25, 0.3) is 0 Å². The average molecular weight is 227 g/mol. The van der Waals surface area contributed by atoms with E-state index in [-0.39, 0.29) is 12.0 Å². The van der Waals surface area contributed by atoms with Gasteiger partial charge < -0.3 is 10.1 Å². The average Bonchev–Trinajstić information content (AvgIpc) is 2.29. The first-order valence-electron chi connectivity index (χ1n) is 6.42. The van der Waals surface area contributed by atoms with Gasteiger partial charge in [0.1, 0.15) is 6.04 Å². The van der Waals surface area contributed by atoms with E-state index >= 15 is 0 Å². The van der Waals surface area contributed by atoms with Crippen molar-refractivity contribution in [2.75, 3.05) is 7.11 Å². The van der Waals surface area contributed by atoms with Gasteiger partial charge in [-0.25, -0.2) is 0 Å². The second kappa shape index (κ2) is 6.24. The number of esters is 1. The normalized spacial score (nSPS) is 32.1. The minimum atomic E-state index is -0.131. The predicted molar refractivity (Wildman–Crippen MR) is 65.2 cm³/mol. The Hall–Kier alpha value is -0.570. The Balaban J connectivity index is 2.44. The molecular formula is C13H25NO2. The van der Waals surface area contributed by atoms with Gasteiger partial charge in [0, 0.05) is 6.04 Å². The Morgan fingerprint density at radius 2 is 2.06 bits per heavy atom. The van der Waals surface area contributed by atoms with Crippen LogP contribution >= 0.6 is 0 Å². The van der Waals surface area contributed by atoms with Crippen molar-refractivity contribution in [1.29, 1.82) is 0 Å². The lowest BCUT2D eigenvalue weighted by molar-refractivity contribution is -0.143. The van der Waals surface area contributed by atoms with Crippen LogP contribution in [0.15, 0.2) is 0 Å². The zero-order valence-corrected chi connectivity index (χ0v) is 11.0. The van der Waals surface area contributed by atoms with Crippen LogP contribution in [0.5, 0.6) is 0 Å². The van der Waals surface area contributed by atoms with E-state index in [2.05, 4.69) is 19.2 Å². The first kappa shape index (κ1) is 13.5. The molecule has 4 unspecified atom stereocenters. The third kappa shape index (κ3) is 3.48. The number of carbonyl (C=O) groups excluding carboxylic acids is 1. The number of hydrogen-bond donors (Lipinski definition) is 1. The van der Waals surface area contributed by atoms with E-state index in [1.807, 2.05) is 6.92 Å². The van der Waals surface area contributed by atoms with Gasteiger partial charge in [-0.2, -0.15) is 0 Å². The SMILES string of the molecule is CCC(NC1CCC(C)C(C)C1)C(=O)OC. The Morgan fingerprint density at radius 3 is 2.56 bits per heavy atom. The number of carbonyl (C=O) groups is 1. The Bertz CT molecular complexity index is 230. The van der Waals surface area contributed by atoms with E-state index < -0.39 is 0 Å². The first-order valence-corrected chi connectivity index (χ1v) is 6.42. The summed E-state index contributed by atoms with van der Waals surface area (Å²) in [6.07, 6.45) is 4.41. The minimum Gasteiger partial charge on any atom is -0.468 e. The Morgan fingerprint density at radius 1 is 1.38 bits per heavy atom. The maximum atomic E-state index is 11.5. The van der Waals surface area contributed by atoms with Crippen LogP contribution in [0.1, 0.15) is 46.5 Å². The monoisotopic (exact) mass is 227 g/mol. The van der Waals surface area contributed by atoms with Gasteiger partial charge in [0.05, 0.1) is 7.11 Å². The van der Waals surface area contributed by atoms with Crippen molar-refractivity contribution in [3.8, 4) is 0 Å². The predicted octanol–water partition coefficient (Wildman–Crippen LogP) is 2.35. The third-order valence-electron chi connectivity index (χ3n) is 3.93. The van der Waals surface area contributed by atoms with Crippen molar-refractivity contribution in [2.24, 2.45) is 11.8 Å². The van der Waals surface area contributed by atoms with Crippen LogP contribution in [-0.4, -0.2) is 25.2 Å². The molecule has 1 aliphatic rings. The molecule has 0 spiro atoms. The number of methoxy groups -OCH3 is 1. The largest absolute Gasteiger partial charge is 0.468 e. The van der Waals surface area contributed by atoms with Crippen LogP contribution in [0.4, 0.5) is 0 Å². The zero-order chi connectivity index (χ0) is 12.1. The van der Waals surface area contributed by atoms with Gasteiger partial charge in [0.25, 0.3) is 0 Å². The topological polar surface area (TPSA) is 38.3 Å². The lowest BCUT2D eigenvalue weighted by Gasteiger charge is -2.34. The number of nitrogens with one attached hydrogen (secondary N) is 1. The highest BCUT2D eigenvalue weighted by Gasteiger charge is 2.27. The van der Waals surface area contributed by atoms with E-state index in [1.165, 1.54) is 26.4 Å². The van der Waals surface area contributed by atoms with Gasteiger partial charge in [-0.05, 0) is 37.5 Å². The van der Waals surface area contributed by atoms with Crippen LogP contribution in [-0.2, 0) is 9.53 Å². The summed E-state index contributed by atoms with van der Waals surface area (Å²) >= 11 is 0. The molecule has 4 atom stereocenters. The summed E-state index contributed by atoms with van der Waals surface area (Å²) in [7, 11) is 1.46. The fraction of sp³-hybridized carbons (Fsp3) is 0.923. The third-order valence-corrected chi connectivity index (χ3v) is 3.93. The van der Waals surface area contributed by atoms with Crippen molar-refractivity contribution in [2.45, 2.75) is 58.5 Å². The summed E-state index contributed by atoms with van der Waals surface area (Å²) in [5.41, 5.74) is 0. The number of hydrogen-bond acceptors (Lipinski definition) is 3. The molecule has 0 aromatic heterocycles. The molecule has 16 heavy (non-hydrogen) atoms. The molecule has 0 aliphatic heterocycles. The van der Waals surface area contributed by atoms with Crippen molar-refractivity contribution < 1.29 is 9.53 Å². The highest BCUT2D eigenvalue weighted by atomic mass is 16.5. The smallest absolute Gasteiger partial charge is 0.322 e. The molecule has 1 rings (SSSR count). The molecule has 0 aromatic carbocycles. The molecule has 0 aromatic rings. The molecular weight excluding hydrogens is 202 g/mol. The minimum absolute atomic E-state index is 0.129. The van der Waals surface area contributed by atoms with Crippen LogP contribution < -0.4 is 5.32 Å². The van der Waals surface area contributed by atoms with Crippen LogP contribution in [0, 0.1) is 11.8 Å². The number of rotatable bonds is 4. The molecule has 1 saturated carbocycles. The highest BCUT2D eigenvalue weighted by molar-refractivity contribution is 5.75. The molecule has 0 heterocycles. The zero-order valence-electron chi connectivity index (χ0n) is 11.0. The molecule has 1 aliphatic carbocycles. The summed E-state index contributed by atoms with van der Waals surface area (Å²) in [4.78, 5) is 11.5. The van der Waals surface area contributed by atoms with Gasteiger partial charge in [-0.3, -0.25) is 4.79 Å². The summed E-state index contributed by atoms with van der Waals surface area (Å²) in [5, 5.41) is 3.43. The molecule has 94 valence electrons. The molecule has 1 N–H and O–H groups in total. The van der Waals surface area contributed by atoms with Crippen molar-refractivity contribution in [3.05, 3.63) is 0 Å². The lowest BCUT2D eigenvalue weighted by atomic mass is 9.79. The molecule has 3 heteroatoms. The van der Waals surface area contributed by atoms with E-state index in [0.29, 0.717) is 6.04 Å². The van der Waals surface area contributed by atoms with Gasteiger partial charge in [0.2, 0.25) is 0 Å². The summed E-state index contributed by atoms with van der Waals surface area (Å²) in [6, 6.07) is 0.353. The van der Waals surface area contributed by atoms with Gasteiger partial charge in [0.15, 0.2) is 0 Å². The highest BCUT2D eigenvalue weighted by Crippen LogP contribution is 2.29. The standard InChI is InChI=1S/C13H25NO2/c1-5-12(13(15)16-4)14-11-7-6-9(2)10(3)8-11/h9-12,14H,5-8H2,1-4H3. The molecule has 0 radical (unpaired) electrons. The Labute approximate surface area is 98.9 Å². The maximum absolute atomic E-state index is 11.5. The van der Waals surface area contributed by atoms with E-state index in [9.17, 15) is 4.79 Å². The number of ether oxygens (including phenoxy) is 1. The van der Waals surface area contributed by atoms with Crippen LogP contribution in [0.3, 0.4) is 0 Å². The maximum Gasteiger partial charge on any atom is 0.322 e. The van der Waals surface area contributed by atoms with Crippen molar-refractivity contribution in [3.63, 3.8) is 0 Å². The Kier molecular flexibility index (Phi) is 5.26. The van der Waals surface area contributed by atoms with Gasteiger partial charge in [-0.1, -0.05) is 20.8 Å². The fourth-order valence-corrected chi connectivity index (χ4v) is 2.48. The first-order chi connectivity index (χ1) is 7.58. The molecule has 0 amide bonds. The molecule has 3 nitrogen and oxygen atoms in total. The van der Waals surface area contributed by atoms with Crippen molar-refractivity contribution >= 4 is 5.97 Å². The second-order valence-electron chi connectivity index (χ2n) is 5.12. The van der Waals surface area contributed by atoms with E-state index in [0.717, 1.165) is 18.3 Å². The quantitative estimate of drug-likeness (QED) is 0.749. The van der Waals surface area contributed by atoms with Crippen LogP contribution in [0.2, 0.25) is 0 Å². The molecule has 1 fully saturated rings. The summed E-state index contributed by atoms with van der Waals surface area (Å²) in [6.45, 7) is 6.64. The summed E-state index contributed by atoms with van der Waals surface area (Å²) < 4.78 is 4.79. The van der Waals surface area contributed by atoms with Gasteiger partial charge >= 0.3 is 5.97 Å². The molecule has 0 saturated heterocycles. The van der Waals surface area contributed by atoms with E-state index in [4.69, 9.17) is 4.74 Å².